The first kappa shape index (κ1) is 14.5. The molecule has 0 aliphatic carbocycles. The fourth-order valence-electron chi connectivity index (χ4n) is 2.57. The molecule has 5 heteroatoms. The lowest BCUT2D eigenvalue weighted by molar-refractivity contribution is 0.0318. The fourth-order valence-corrected chi connectivity index (χ4v) is 2.57. The second kappa shape index (κ2) is 6.50. The molecule has 5 nitrogen and oxygen atoms in total. The molecule has 108 valence electrons. The average Bonchev–Trinajstić information content (AvgIpc) is 3.04. The highest BCUT2D eigenvalue weighted by Gasteiger charge is 2.29. The predicted octanol–water partition coefficient (Wildman–Crippen LogP) is 1.80. The van der Waals surface area contributed by atoms with Crippen molar-refractivity contribution in [2.75, 3.05) is 0 Å². The quantitative estimate of drug-likeness (QED) is 0.608. The third-order valence-corrected chi connectivity index (χ3v) is 4.06. The maximum Gasteiger partial charge on any atom is 0.0749 e. The van der Waals surface area contributed by atoms with Gasteiger partial charge in [0.15, 0.2) is 0 Å². The zero-order valence-corrected chi connectivity index (χ0v) is 12.2. The maximum absolute atomic E-state index is 5.88. The van der Waals surface area contributed by atoms with Crippen LogP contribution < -0.4 is 11.3 Å². The van der Waals surface area contributed by atoms with Gasteiger partial charge in [0.05, 0.1) is 23.9 Å². The van der Waals surface area contributed by atoms with Crippen LogP contribution in [0.3, 0.4) is 0 Å². The summed E-state index contributed by atoms with van der Waals surface area (Å²) in [6, 6.07) is 2.67. The average molecular weight is 266 g/mol. The molecule has 1 aliphatic rings. The molecule has 0 radical (unpaired) electrons. The summed E-state index contributed by atoms with van der Waals surface area (Å²) < 4.78 is 7.91. The molecule has 19 heavy (non-hydrogen) atoms. The van der Waals surface area contributed by atoms with Gasteiger partial charge in [-0.25, -0.2) is 0 Å². The lowest BCUT2D eigenvalue weighted by atomic mass is 10.0. The molecule has 4 unspecified atom stereocenters. The molecule has 2 rings (SSSR count). The molecule has 4 atom stereocenters. The van der Waals surface area contributed by atoms with Crippen LogP contribution >= 0.6 is 0 Å². The summed E-state index contributed by atoms with van der Waals surface area (Å²) in [5.41, 5.74) is 3.97. The molecule has 2 heterocycles. The summed E-state index contributed by atoms with van der Waals surface area (Å²) >= 11 is 0. The van der Waals surface area contributed by atoms with Gasteiger partial charge in [0.25, 0.3) is 0 Å². The maximum atomic E-state index is 5.88. The van der Waals surface area contributed by atoms with Gasteiger partial charge >= 0.3 is 0 Å². The van der Waals surface area contributed by atoms with Crippen LogP contribution in [0.15, 0.2) is 12.3 Å². The Morgan fingerprint density at radius 3 is 2.95 bits per heavy atom. The van der Waals surface area contributed by atoms with Gasteiger partial charge in [0.2, 0.25) is 0 Å². The van der Waals surface area contributed by atoms with Crippen LogP contribution in [0.5, 0.6) is 0 Å². The molecule has 0 bridgehead atoms. The van der Waals surface area contributed by atoms with E-state index in [2.05, 4.69) is 43.6 Å². The van der Waals surface area contributed by atoms with E-state index >= 15 is 0 Å². The number of hydrazine groups is 1. The number of hydrogen-bond acceptors (Lipinski definition) is 4. The summed E-state index contributed by atoms with van der Waals surface area (Å²) in [4.78, 5) is 0. The SMILES string of the molecule is CCC(C)n1ccc(CC(NN)C2CCC(C)O2)n1. The van der Waals surface area contributed by atoms with Crippen molar-refractivity contribution in [2.24, 2.45) is 5.84 Å². The van der Waals surface area contributed by atoms with Gasteiger partial charge < -0.3 is 4.74 Å². The molecule has 1 aliphatic heterocycles. The lowest BCUT2D eigenvalue weighted by Crippen LogP contribution is -2.45. The first-order chi connectivity index (χ1) is 9.13. The molecule has 1 aromatic heterocycles. The number of hydrogen-bond donors (Lipinski definition) is 2. The van der Waals surface area contributed by atoms with E-state index in [0.717, 1.165) is 31.4 Å². The van der Waals surface area contributed by atoms with E-state index in [4.69, 9.17) is 10.6 Å². The third kappa shape index (κ3) is 3.55. The summed E-state index contributed by atoms with van der Waals surface area (Å²) in [7, 11) is 0. The summed E-state index contributed by atoms with van der Waals surface area (Å²) in [5, 5.41) is 4.62. The molecule has 0 aromatic carbocycles. The van der Waals surface area contributed by atoms with E-state index in [1.54, 1.807) is 0 Å². The first-order valence-corrected chi connectivity index (χ1v) is 7.29. The number of nitrogens with zero attached hydrogens (tertiary/aromatic N) is 2. The number of nitrogens with two attached hydrogens (primary N) is 1. The number of rotatable bonds is 6. The number of nitrogens with one attached hydrogen (secondary N) is 1. The Labute approximate surface area is 115 Å². The van der Waals surface area contributed by atoms with E-state index < -0.39 is 0 Å². The Bertz CT molecular complexity index is 393. The van der Waals surface area contributed by atoms with Crippen molar-refractivity contribution in [1.29, 1.82) is 0 Å². The second-order valence-electron chi connectivity index (χ2n) is 5.58. The summed E-state index contributed by atoms with van der Waals surface area (Å²) in [6.45, 7) is 6.46. The molecule has 3 N–H and O–H groups in total. The van der Waals surface area contributed by atoms with Crippen LogP contribution in [0.4, 0.5) is 0 Å². The van der Waals surface area contributed by atoms with E-state index in [0.29, 0.717) is 12.1 Å². The minimum absolute atomic E-state index is 0.144. The first-order valence-electron chi connectivity index (χ1n) is 7.29. The van der Waals surface area contributed by atoms with E-state index in [1.807, 2.05) is 4.68 Å². The van der Waals surface area contributed by atoms with Crippen LogP contribution in [-0.4, -0.2) is 28.0 Å². The smallest absolute Gasteiger partial charge is 0.0749 e. The predicted molar refractivity (Wildman–Crippen MR) is 75.6 cm³/mol. The van der Waals surface area contributed by atoms with Crippen molar-refractivity contribution in [3.8, 4) is 0 Å². The van der Waals surface area contributed by atoms with Gasteiger partial charge in [-0.3, -0.25) is 16.0 Å². The zero-order chi connectivity index (χ0) is 13.8. The van der Waals surface area contributed by atoms with Crippen molar-refractivity contribution in [3.63, 3.8) is 0 Å². The normalized spacial score (nSPS) is 26.5. The Balaban J connectivity index is 1.96. The summed E-state index contributed by atoms with van der Waals surface area (Å²) in [6.07, 6.45) is 6.69. The van der Waals surface area contributed by atoms with Crippen LogP contribution in [0.1, 0.15) is 51.8 Å². The van der Waals surface area contributed by atoms with Crippen molar-refractivity contribution in [3.05, 3.63) is 18.0 Å². The highest BCUT2D eigenvalue weighted by atomic mass is 16.5. The monoisotopic (exact) mass is 266 g/mol. The lowest BCUT2D eigenvalue weighted by Gasteiger charge is -2.22. The Morgan fingerprint density at radius 1 is 1.58 bits per heavy atom. The van der Waals surface area contributed by atoms with E-state index in [-0.39, 0.29) is 12.1 Å². The standard InChI is InChI=1S/C14H26N4O/c1-4-10(2)18-8-7-12(17-18)9-13(16-15)14-6-5-11(3)19-14/h7-8,10-11,13-14,16H,4-6,9,15H2,1-3H3. The molecular weight excluding hydrogens is 240 g/mol. The molecule has 0 saturated carbocycles. The molecule has 1 fully saturated rings. The summed E-state index contributed by atoms with van der Waals surface area (Å²) in [5.74, 6) is 5.67. The highest BCUT2D eigenvalue weighted by molar-refractivity contribution is 5.03. The highest BCUT2D eigenvalue weighted by Crippen LogP contribution is 2.23. The third-order valence-electron chi connectivity index (χ3n) is 4.06. The van der Waals surface area contributed by atoms with Crippen molar-refractivity contribution < 1.29 is 4.74 Å². The van der Waals surface area contributed by atoms with E-state index in [9.17, 15) is 0 Å². The van der Waals surface area contributed by atoms with Crippen LogP contribution in [0, 0.1) is 0 Å². The largest absolute Gasteiger partial charge is 0.374 e. The fraction of sp³-hybridized carbons (Fsp3) is 0.786. The minimum Gasteiger partial charge on any atom is -0.374 e. The van der Waals surface area contributed by atoms with Gasteiger partial charge in [-0.2, -0.15) is 5.10 Å². The van der Waals surface area contributed by atoms with Gasteiger partial charge in [-0.1, -0.05) is 6.92 Å². The Morgan fingerprint density at radius 2 is 2.37 bits per heavy atom. The van der Waals surface area contributed by atoms with Crippen LogP contribution in [0.2, 0.25) is 0 Å². The topological polar surface area (TPSA) is 65.1 Å². The van der Waals surface area contributed by atoms with Crippen LogP contribution in [-0.2, 0) is 11.2 Å². The number of ether oxygens (including phenoxy) is 1. The minimum atomic E-state index is 0.144. The van der Waals surface area contributed by atoms with Gasteiger partial charge in [0.1, 0.15) is 0 Å². The van der Waals surface area contributed by atoms with Gasteiger partial charge in [-0.15, -0.1) is 0 Å². The zero-order valence-electron chi connectivity index (χ0n) is 12.2. The van der Waals surface area contributed by atoms with Gasteiger partial charge in [0, 0.05) is 18.7 Å². The van der Waals surface area contributed by atoms with Crippen LogP contribution in [0.25, 0.3) is 0 Å². The van der Waals surface area contributed by atoms with E-state index in [1.165, 1.54) is 0 Å². The number of aromatic nitrogens is 2. The van der Waals surface area contributed by atoms with Crippen molar-refractivity contribution >= 4 is 0 Å². The van der Waals surface area contributed by atoms with Crippen molar-refractivity contribution in [1.82, 2.24) is 15.2 Å². The van der Waals surface area contributed by atoms with Crippen molar-refractivity contribution in [2.45, 2.75) is 70.7 Å². The molecular formula is C14H26N4O. The molecule has 0 spiro atoms. The molecule has 0 amide bonds. The molecule has 1 aromatic rings. The van der Waals surface area contributed by atoms with Gasteiger partial charge in [-0.05, 0) is 39.2 Å². The Hall–Kier alpha value is -0.910. The Kier molecular flexibility index (Phi) is 4.96. The molecule has 1 saturated heterocycles. The second-order valence-corrected chi connectivity index (χ2v) is 5.58.